The first-order valence-corrected chi connectivity index (χ1v) is 8.00. The van der Waals surface area contributed by atoms with Gasteiger partial charge in [0.05, 0.1) is 36.8 Å². The molecule has 0 aliphatic carbocycles. The average molecular weight is 344 g/mol. The van der Waals surface area contributed by atoms with Crippen molar-refractivity contribution in [3.05, 3.63) is 30.6 Å². The molecule has 132 valence electrons. The fraction of sp³-hybridized carbons (Fsp3) is 0.353. The number of carbonyl (C=O) groups excluding carboxylic acids is 1. The third-order valence-corrected chi connectivity index (χ3v) is 4.28. The van der Waals surface area contributed by atoms with Gasteiger partial charge < -0.3 is 15.1 Å². The van der Waals surface area contributed by atoms with E-state index in [2.05, 4.69) is 5.10 Å². The summed E-state index contributed by atoms with van der Waals surface area (Å²) in [4.78, 5) is 26.5. The van der Waals surface area contributed by atoms with Crippen LogP contribution in [0, 0.1) is 0 Å². The topological polar surface area (TPSA) is 98.9 Å². The summed E-state index contributed by atoms with van der Waals surface area (Å²) in [7, 11) is 0. The van der Waals surface area contributed by atoms with E-state index in [9.17, 15) is 14.7 Å². The molecule has 2 aromatic rings. The van der Waals surface area contributed by atoms with E-state index in [1.807, 2.05) is 13.0 Å². The van der Waals surface area contributed by atoms with Crippen molar-refractivity contribution < 1.29 is 19.8 Å². The highest BCUT2D eigenvalue weighted by Crippen LogP contribution is 2.38. The molecule has 0 radical (unpaired) electrons. The van der Waals surface area contributed by atoms with E-state index in [1.54, 1.807) is 34.1 Å². The minimum Gasteiger partial charge on any atom is -0.465 e. The lowest BCUT2D eigenvalue weighted by Gasteiger charge is -2.39. The number of aromatic nitrogens is 2. The smallest absolute Gasteiger partial charge is 0.411 e. The van der Waals surface area contributed by atoms with Crippen LogP contribution < -0.4 is 9.80 Å². The van der Waals surface area contributed by atoms with Crippen LogP contribution >= 0.6 is 0 Å². The van der Waals surface area contributed by atoms with Gasteiger partial charge in [-0.25, -0.2) is 4.79 Å². The Bertz CT molecular complexity index is 817. The predicted octanol–water partition coefficient (Wildman–Crippen LogP) is 1.78. The number of aliphatic hydroxyl groups excluding tert-OH is 1. The number of amides is 2. The summed E-state index contributed by atoms with van der Waals surface area (Å²) in [6, 6.07) is 5.12. The van der Waals surface area contributed by atoms with Crippen molar-refractivity contribution in [3.8, 4) is 11.1 Å². The molecule has 1 atom stereocenters. The number of anilines is 2. The largest absolute Gasteiger partial charge is 0.465 e. The van der Waals surface area contributed by atoms with Crippen LogP contribution in [0.15, 0.2) is 30.6 Å². The maximum absolute atomic E-state index is 12.0. The van der Waals surface area contributed by atoms with Crippen LogP contribution in [0.4, 0.5) is 16.2 Å². The highest BCUT2D eigenvalue weighted by atomic mass is 16.4. The molecular weight excluding hydrogens is 324 g/mol. The Hall–Kier alpha value is -2.87. The van der Waals surface area contributed by atoms with Crippen LogP contribution in [0.3, 0.4) is 0 Å². The molecule has 8 heteroatoms. The Balaban J connectivity index is 2.07. The minimum absolute atomic E-state index is 0.0104. The van der Waals surface area contributed by atoms with Crippen LogP contribution in [0.1, 0.15) is 13.8 Å². The van der Waals surface area contributed by atoms with Crippen molar-refractivity contribution in [2.45, 2.75) is 26.4 Å². The summed E-state index contributed by atoms with van der Waals surface area (Å²) in [5.41, 5.74) is 2.68. The molecule has 25 heavy (non-hydrogen) atoms. The van der Waals surface area contributed by atoms with Gasteiger partial charge in [0.25, 0.3) is 0 Å². The van der Waals surface area contributed by atoms with E-state index < -0.39 is 6.09 Å². The van der Waals surface area contributed by atoms with Gasteiger partial charge in [0.2, 0.25) is 5.91 Å². The maximum atomic E-state index is 12.0. The molecule has 8 nitrogen and oxygen atoms in total. The maximum Gasteiger partial charge on any atom is 0.411 e. The van der Waals surface area contributed by atoms with Gasteiger partial charge in [0.15, 0.2) is 0 Å². The summed E-state index contributed by atoms with van der Waals surface area (Å²) in [6.45, 7) is 3.90. The summed E-state index contributed by atoms with van der Waals surface area (Å²) >= 11 is 0. The Labute approximate surface area is 144 Å². The number of rotatable bonds is 3. The van der Waals surface area contributed by atoms with Crippen LogP contribution in [0.25, 0.3) is 11.1 Å². The lowest BCUT2D eigenvalue weighted by Crippen LogP contribution is -2.51. The summed E-state index contributed by atoms with van der Waals surface area (Å²) < 4.78 is 1.62. The quantitative estimate of drug-likeness (QED) is 0.884. The molecule has 0 fully saturated rings. The van der Waals surface area contributed by atoms with Crippen molar-refractivity contribution in [2.24, 2.45) is 0 Å². The molecule has 0 saturated heterocycles. The van der Waals surface area contributed by atoms with Crippen LogP contribution in [-0.4, -0.2) is 51.2 Å². The molecule has 2 N–H and O–H groups in total. The summed E-state index contributed by atoms with van der Waals surface area (Å²) in [5, 5.41) is 22.7. The molecule has 2 heterocycles. The first kappa shape index (κ1) is 17.0. The first-order valence-electron chi connectivity index (χ1n) is 8.00. The van der Waals surface area contributed by atoms with E-state index in [4.69, 9.17) is 5.11 Å². The van der Waals surface area contributed by atoms with Gasteiger partial charge in [-0.1, -0.05) is 6.07 Å². The van der Waals surface area contributed by atoms with Crippen molar-refractivity contribution in [1.29, 1.82) is 0 Å². The molecular formula is C17H20N4O4. The fourth-order valence-electron chi connectivity index (χ4n) is 3.20. The van der Waals surface area contributed by atoms with E-state index in [0.717, 1.165) is 11.1 Å². The first-order chi connectivity index (χ1) is 11.9. The number of hydrogen-bond acceptors (Lipinski definition) is 4. The van der Waals surface area contributed by atoms with Gasteiger partial charge in [-0.15, -0.1) is 0 Å². The predicted molar refractivity (Wildman–Crippen MR) is 92.7 cm³/mol. The van der Waals surface area contributed by atoms with Crippen molar-refractivity contribution in [2.75, 3.05) is 23.0 Å². The standard InChI is InChI=1S/C17H20N4O4/c1-11-9-20(17(24)25)16-7-13(3-4-15(16)21(11)12(2)23)14-8-18-19(10-14)5-6-22/h3-4,7-8,10-11,22H,5-6,9H2,1-2H3,(H,24,25). The number of carbonyl (C=O) groups is 2. The number of hydrogen-bond donors (Lipinski definition) is 2. The molecule has 0 spiro atoms. The zero-order valence-corrected chi connectivity index (χ0v) is 14.1. The Morgan fingerprint density at radius 1 is 1.28 bits per heavy atom. The monoisotopic (exact) mass is 344 g/mol. The Kier molecular flexibility index (Phi) is 4.45. The van der Waals surface area contributed by atoms with E-state index >= 15 is 0 Å². The summed E-state index contributed by atoms with van der Waals surface area (Å²) in [6.07, 6.45) is 2.40. The lowest BCUT2D eigenvalue weighted by molar-refractivity contribution is -0.117. The number of aliphatic hydroxyl groups is 1. The lowest BCUT2D eigenvalue weighted by atomic mass is 10.0. The van der Waals surface area contributed by atoms with Crippen molar-refractivity contribution in [3.63, 3.8) is 0 Å². The molecule has 3 rings (SSSR count). The van der Waals surface area contributed by atoms with Gasteiger partial charge in [0, 0.05) is 25.2 Å². The number of benzene rings is 1. The van der Waals surface area contributed by atoms with E-state index in [0.29, 0.717) is 17.9 Å². The van der Waals surface area contributed by atoms with Gasteiger partial charge in [-0.2, -0.15) is 5.10 Å². The molecule has 1 aliphatic rings. The van der Waals surface area contributed by atoms with Gasteiger partial charge in [0.1, 0.15) is 0 Å². The van der Waals surface area contributed by atoms with E-state index in [-0.39, 0.29) is 25.1 Å². The molecule has 0 saturated carbocycles. The molecule has 0 bridgehead atoms. The molecule has 2 amide bonds. The molecule has 1 unspecified atom stereocenters. The summed E-state index contributed by atoms with van der Waals surface area (Å²) in [5.74, 6) is -0.123. The van der Waals surface area contributed by atoms with Crippen LogP contribution in [-0.2, 0) is 11.3 Å². The van der Waals surface area contributed by atoms with Crippen LogP contribution in [0.5, 0.6) is 0 Å². The van der Waals surface area contributed by atoms with Crippen LogP contribution in [0.2, 0.25) is 0 Å². The number of fused-ring (bicyclic) bond motifs is 1. The third-order valence-electron chi connectivity index (χ3n) is 4.28. The molecule has 1 aromatic heterocycles. The second kappa shape index (κ2) is 6.56. The normalized spacial score (nSPS) is 16.7. The third kappa shape index (κ3) is 3.08. The zero-order chi connectivity index (χ0) is 18.1. The van der Waals surface area contributed by atoms with Gasteiger partial charge in [-0.05, 0) is 24.6 Å². The molecule has 1 aliphatic heterocycles. The SMILES string of the molecule is CC(=O)N1c2ccc(-c3cnn(CCO)c3)cc2N(C(=O)O)CC1C. The van der Waals surface area contributed by atoms with E-state index in [1.165, 1.54) is 11.8 Å². The zero-order valence-electron chi connectivity index (χ0n) is 14.1. The average Bonchev–Trinajstić information content (AvgIpc) is 3.02. The van der Waals surface area contributed by atoms with Crippen molar-refractivity contribution in [1.82, 2.24) is 9.78 Å². The highest BCUT2D eigenvalue weighted by molar-refractivity contribution is 6.02. The van der Waals surface area contributed by atoms with Gasteiger partial charge >= 0.3 is 6.09 Å². The fourth-order valence-corrected chi connectivity index (χ4v) is 3.20. The second-order valence-corrected chi connectivity index (χ2v) is 6.05. The minimum atomic E-state index is -1.05. The Morgan fingerprint density at radius 3 is 2.68 bits per heavy atom. The van der Waals surface area contributed by atoms with Crippen molar-refractivity contribution >= 4 is 23.4 Å². The highest BCUT2D eigenvalue weighted by Gasteiger charge is 2.33. The second-order valence-electron chi connectivity index (χ2n) is 6.05. The Morgan fingerprint density at radius 2 is 2.04 bits per heavy atom. The number of carboxylic acid groups (broad SMARTS) is 1. The van der Waals surface area contributed by atoms with Gasteiger partial charge in [-0.3, -0.25) is 14.4 Å². The number of nitrogens with zero attached hydrogens (tertiary/aromatic N) is 4. The molecule has 1 aromatic carbocycles.